The van der Waals surface area contributed by atoms with Gasteiger partial charge in [0.25, 0.3) is 5.78 Å². The van der Waals surface area contributed by atoms with Crippen molar-refractivity contribution in [2.45, 2.75) is 57.9 Å². The van der Waals surface area contributed by atoms with E-state index in [9.17, 15) is 18.0 Å². The number of aryl methyl sites for hydroxylation is 1. The first-order valence-corrected chi connectivity index (χ1v) is 6.95. The number of ether oxygens (including phenoxy) is 1. The summed E-state index contributed by atoms with van der Waals surface area (Å²) < 4.78 is 44.9. The molecule has 21 heavy (non-hydrogen) atoms. The Bertz CT molecular complexity index is 537. The van der Waals surface area contributed by atoms with Crippen LogP contribution in [-0.4, -0.2) is 35.0 Å². The Balaban J connectivity index is 2.33. The first-order chi connectivity index (χ1) is 9.75. The van der Waals surface area contributed by atoms with Gasteiger partial charge in [0.15, 0.2) is 0 Å². The van der Waals surface area contributed by atoms with Crippen LogP contribution in [0.1, 0.15) is 53.5 Å². The van der Waals surface area contributed by atoms with Gasteiger partial charge in [0.05, 0.1) is 23.4 Å². The van der Waals surface area contributed by atoms with E-state index in [1.54, 1.807) is 11.8 Å². The molecule has 4 nitrogen and oxygen atoms in total. The van der Waals surface area contributed by atoms with Crippen molar-refractivity contribution < 1.29 is 22.7 Å². The fraction of sp³-hybridized carbons (Fsp3) is 0.714. The molecule has 0 saturated heterocycles. The molecule has 0 N–H and O–H groups in total. The van der Waals surface area contributed by atoms with E-state index in [-0.39, 0.29) is 29.1 Å². The van der Waals surface area contributed by atoms with Crippen molar-refractivity contribution in [3.63, 3.8) is 0 Å². The highest BCUT2D eigenvalue weighted by Gasteiger charge is 2.42. The van der Waals surface area contributed by atoms with Crippen molar-refractivity contribution in [1.82, 2.24) is 9.78 Å². The van der Waals surface area contributed by atoms with E-state index in [1.807, 2.05) is 0 Å². The number of methoxy groups -OCH3 is 1. The van der Waals surface area contributed by atoms with Gasteiger partial charge in [0, 0.05) is 12.8 Å². The largest absolute Gasteiger partial charge is 0.455 e. The molecule has 2 atom stereocenters. The van der Waals surface area contributed by atoms with E-state index in [4.69, 9.17) is 4.74 Å². The molecule has 7 heteroatoms. The van der Waals surface area contributed by atoms with Gasteiger partial charge in [0.2, 0.25) is 0 Å². The molecule has 1 saturated carbocycles. The third-order valence-corrected chi connectivity index (χ3v) is 4.09. The van der Waals surface area contributed by atoms with Gasteiger partial charge in [-0.2, -0.15) is 18.3 Å². The lowest BCUT2D eigenvalue weighted by molar-refractivity contribution is -0.0886. The molecule has 1 aromatic heterocycles. The molecule has 1 heterocycles. The Hall–Kier alpha value is -1.37. The quantitative estimate of drug-likeness (QED) is 0.804. The maximum Gasteiger partial charge on any atom is 0.455 e. The molecule has 1 aromatic rings. The van der Waals surface area contributed by atoms with Crippen molar-refractivity contribution in [2.75, 3.05) is 7.11 Å². The van der Waals surface area contributed by atoms with Crippen LogP contribution in [-0.2, 0) is 4.74 Å². The molecular formula is C14H19F3N2O2. The summed E-state index contributed by atoms with van der Waals surface area (Å²) in [5, 5.41) is 4.18. The van der Waals surface area contributed by atoms with E-state index in [1.165, 1.54) is 13.8 Å². The van der Waals surface area contributed by atoms with E-state index in [2.05, 4.69) is 5.10 Å². The van der Waals surface area contributed by atoms with Crippen LogP contribution in [0, 0.1) is 13.8 Å². The number of alkyl halides is 3. The molecule has 0 aliphatic heterocycles. The second kappa shape index (κ2) is 5.79. The number of rotatable bonds is 3. The molecule has 118 valence electrons. The highest BCUT2D eigenvalue weighted by atomic mass is 19.4. The molecule has 2 rings (SSSR count). The molecular weight excluding hydrogens is 285 g/mol. The number of hydrogen-bond donors (Lipinski definition) is 0. The third-order valence-electron chi connectivity index (χ3n) is 4.09. The van der Waals surface area contributed by atoms with E-state index in [0.717, 1.165) is 19.3 Å². The zero-order valence-electron chi connectivity index (χ0n) is 12.3. The lowest BCUT2D eigenvalue weighted by Gasteiger charge is -2.29. The molecule has 0 amide bonds. The Morgan fingerprint density at radius 3 is 2.57 bits per heavy atom. The van der Waals surface area contributed by atoms with Gasteiger partial charge in [0.1, 0.15) is 0 Å². The maximum atomic E-state index is 12.7. The zero-order valence-corrected chi connectivity index (χ0v) is 12.3. The van der Waals surface area contributed by atoms with Gasteiger partial charge < -0.3 is 4.74 Å². The summed E-state index contributed by atoms with van der Waals surface area (Å²) in [4.78, 5) is 11.5. The van der Waals surface area contributed by atoms with E-state index >= 15 is 0 Å². The van der Waals surface area contributed by atoms with Gasteiger partial charge in [-0.25, -0.2) is 0 Å². The summed E-state index contributed by atoms with van der Waals surface area (Å²) in [7, 11) is 1.63. The minimum absolute atomic E-state index is 0.0165. The van der Waals surface area contributed by atoms with Crippen LogP contribution in [0.15, 0.2) is 0 Å². The van der Waals surface area contributed by atoms with Crippen LogP contribution in [0.4, 0.5) is 13.2 Å². The molecule has 2 unspecified atom stereocenters. The highest BCUT2D eigenvalue weighted by molar-refractivity contribution is 6.02. The highest BCUT2D eigenvalue weighted by Crippen LogP contribution is 2.33. The standard InChI is InChI=1S/C14H19F3N2O2/c1-8-12(13(20)14(15,16)17)9(2)19(18-8)10-5-4-6-11(7-10)21-3/h10-11H,4-7H2,1-3H3. The monoisotopic (exact) mass is 304 g/mol. The SMILES string of the molecule is COC1CCCC(n2nc(C)c(C(=O)C(F)(F)F)c2C)C1. The van der Waals surface area contributed by atoms with E-state index < -0.39 is 12.0 Å². The van der Waals surface area contributed by atoms with Gasteiger partial charge in [-0.05, 0) is 39.5 Å². The predicted molar refractivity (Wildman–Crippen MR) is 70.4 cm³/mol. The van der Waals surface area contributed by atoms with Gasteiger partial charge in [-0.3, -0.25) is 9.48 Å². The molecule has 0 bridgehead atoms. The molecule has 0 radical (unpaired) electrons. The molecule has 0 aromatic carbocycles. The Kier molecular flexibility index (Phi) is 4.41. The van der Waals surface area contributed by atoms with Crippen LogP contribution in [0.5, 0.6) is 0 Å². The smallest absolute Gasteiger partial charge is 0.381 e. The number of carbonyl (C=O) groups is 1. The van der Waals surface area contributed by atoms with Crippen molar-refractivity contribution in [2.24, 2.45) is 0 Å². The average molecular weight is 304 g/mol. The average Bonchev–Trinajstić information content (AvgIpc) is 2.72. The van der Waals surface area contributed by atoms with Gasteiger partial charge in [-0.15, -0.1) is 0 Å². The summed E-state index contributed by atoms with van der Waals surface area (Å²) in [6.45, 7) is 2.97. The lowest BCUT2D eigenvalue weighted by Crippen LogP contribution is -2.26. The number of hydrogen-bond acceptors (Lipinski definition) is 3. The number of ketones is 1. The molecule has 0 spiro atoms. The van der Waals surface area contributed by atoms with E-state index in [0.29, 0.717) is 6.42 Å². The number of halogens is 3. The molecule has 1 aliphatic rings. The van der Waals surface area contributed by atoms with Crippen LogP contribution in [0.2, 0.25) is 0 Å². The third kappa shape index (κ3) is 3.12. The Morgan fingerprint density at radius 2 is 2.00 bits per heavy atom. The van der Waals surface area contributed by atoms with Crippen LogP contribution in [0.25, 0.3) is 0 Å². The van der Waals surface area contributed by atoms with Gasteiger partial charge >= 0.3 is 6.18 Å². The first-order valence-electron chi connectivity index (χ1n) is 6.95. The van der Waals surface area contributed by atoms with Crippen molar-refractivity contribution in [3.05, 3.63) is 17.0 Å². The summed E-state index contributed by atoms with van der Waals surface area (Å²) in [5.74, 6) is -1.82. The first kappa shape index (κ1) is 16.0. The topological polar surface area (TPSA) is 44.1 Å². The van der Waals surface area contributed by atoms with Gasteiger partial charge in [-0.1, -0.05) is 0 Å². The fourth-order valence-corrected chi connectivity index (χ4v) is 3.05. The van der Waals surface area contributed by atoms with Crippen molar-refractivity contribution in [3.8, 4) is 0 Å². The number of carbonyl (C=O) groups excluding carboxylic acids is 1. The number of aromatic nitrogens is 2. The van der Waals surface area contributed by atoms with Crippen molar-refractivity contribution in [1.29, 1.82) is 0 Å². The normalized spacial score (nSPS) is 23.3. The second-order valence-electron chi connectivity index (χ2n) is 5.50. The number of nitrogens with zero attached hydrogens (tertiary/aromatic N) is 2. The van der Waals surface area contributed by atoms with Crippen LogP contribution in [0.3, 0.4) is 0 Å². The zero-order chi connectivity index (χ0) is 15.8. The fourth-order valence-electron chi connectivity index (χ4n) is 3.05. The summed E-state index contributed by atoms with van der Waals surface area (Å²) in [6.07, 6.45) is -1.36. The molecule has 1 aliphatic carbocycles. The minimum atomic E-state index is -4.87. The summed E-state index contributed by atoms with van der Waals surface area (Å²) >= 11 is 0. The van der Waals surface area contributed by atoms with Crippen LogP contribution >= 0.6 is 0 Å². The maximum absolute atomic E-state index is 12.7. The minimum Gasteiger partial charge on any atom is -0.381 e. The predicted octanol–water partition coefficient (Wildman–Crippen LogP) is 3.38. The Morgan fingerprint density at radius 1 is 1.33 bits per heavy atom. The molecule has 1 fully saturated rings. The van der Waals surface area contributed by atoms with Crippen molar-refractivity contribution >= 4 is 5.78 Å². The lowest BCUT2D eigenvalue weighted by atomic mass is 9.92. The Labute approximate surface area is 121 Å². The summed E-state index contributed by atoms with van der Waals surface area (Å²) in [6, 6.07) is -0.0165. The second-order valence-corrected chi connectivity index (χ2v) is 5.50. The summed E-state index contributed by atoms with van der Waals surface area (Å²) in [5.41, 5.74) is 0.105. The number of Topliss-reactive ketones (excluding diaryl/α,β-unsaturated/α-hetero) is 1. The van der Waals surface area contributed by atoms with Crippen LogP contribution < -0.4 is 0 Å².